The minimum absolute atomic E-state index is 0.299. The monoisotopic (exact) mass is 271 g/mol. The highest BCUT2D eigenvalue weighted by Crippen LogP contribution is 2.17. The number of rotatable bonds is 5. The molecule has 0 atom stereocenters. The smallest absolute Gasteiger partial charge is 0.323 e. The van der Waals surface area contributed by atoms with E-state index in [9.17, 15) is 4.79 Å². The summed E-state index contributed by atoms with van der Waals surface area (Å²) >= 11 is 0. The molecular formula is C15H17N3O2. The number of ether oxygens (including phenoxy) is 1. The third-order valence-electron chi connectivity index (χ3n) is 2.51. The van der Waals surface area contributed by atoms with Gasteiger partial charge in [0.2, 0.25) is 0 Å². The van der Waals surface area contributed by atoms with Crippen molar-refractivity contribution in [3.8, 4) is 5.75 Å². The van der Waals surface area contributed by atoms with Crippen LogP contribution in [0.5, 0.6) is 5.75 Å². The maximum absolute atomic E-state index is 11.8. The average Bonchev–Trinajstić information content (AvgIpc) is 2.46. The zero-order chi connectivity index (χ0) is 14.2. The first kappa shape index (κ1) is 13.9. The normalized spacial score (nSPS) is 9.85. The molecule has 0 heterocycles. The number of carbonyl (C=O) groups excluding carboxylic acids is 1. The number of hydrogen-bond donors (Lipinski definition) is 3. The summed E-state index contributed by atoms with van der Waals surface area (Å²) in [6.45, 7) is 0.895. The van der Waals surface area contributed by atoms with E-state index in [0.29, 0.717) is 24.6 Å². The van der Waals surface area contributed by atoms with E-state index in [-0.39, 0.29) is 6.03 Å². The molecule has 0 aliphatic rings. The lowest BCUT2D eigenvalue weighted by atomic mass is 10.3. The number of benzene rings is 2. The number of anilines is 2. The number of nitrogens with two attached hydrogens (primary N) is 1. The molecule has 0 aromatic heterocycles. The molecule has 5 heteroatoms. The largest absolute Gasteiger partial charge is 0.492 e. The number of hydrogen-bond acceptors (Lipinski definition) is 3. The van der Waals surface area contributed by atoms with Crippen LogP contribution in [0.1, 0.15) is 0 Å². The van der Waals surface area contributed by atoms with E-state index in [0.717, 1.165) is 5.69 Å². The van der Waals surface area contributed by atoms with Crippen LogP contribution in [0.2, 0.25) is 0 Å². The standard InChI is InChI=1S/C15H17N3O2/c16-9-10-20-14-8-4-7-13(11-14)18-15(19)17-12-5-2-1-3-6-12/h1-8,11H,9-10,16H2,(H2,17,18,19). The number of para-hydroxylation sites is 1. The molecule has 104 valence electrons. The molecular weight excluding hydrogens is 254 g/mol. The van der Waals surface area contributed by atoms with Gasteiger partial charge in [0.25, 0.3) is 0 Å². The van der Waals surface area contributed by atoms with Gasteiger partial charge in [0.1, 0.15) is 12.4 Å². The van der Waals surface area contributed by atoms with Crippen LogP contribution < -0.4 is 21.1 Å². The minimum atomic E-state index is -0.299. The van der Waals surface area contributed by atoms with Gasteiger partial charge in [-0.1, -0.05) is 24.3 Å². The summed E-state index contributed by atoms with van der Waals surface area (Å²) in [6.07, 6.45) is 0. The molecule has 0 spiro atoms. The predicted octanol–water partition coefficient (Wildman–Crippen LogP) is 2.67. The van der Waals surface area contributed by atoms with E-state index in [1.54, 1.807) is 12.1 Å². The van der Waals surface area contributed by atoms with Crippen LogP contribution in [-0.2, 0) is 0 Å². The van der Waals surface area contributed by atoms with Crippen LogP contribution in [0.15, 0.2) is 54.6 Å². The van der Waals surface area contributed by atoms with E-state index in [1.165, 1.54) is 0 Å². The molecule has 0 aliphatic heterocycles. The van der Waals surface area contributed by atoms with Gasteiger partial charge in [0.15, 0.2) is 0 Å². The van der Waals surface area contributed by atoms with E-state index in [1.807, 2.05) is 42.5 Å². The maximum atomic E-state index is 11.8. The number of carbonyl (C=O) groups is 1. The molecule has 2 rings (SSSR count). The summed E-state index contributed by atoms with van der Waals surface area (Å²) in [5.41, 5.74) is 6.77. The fourth-order valence-corrected chi connectivity index (χ4v) is 1.66. The van der Waals surface area contributed by atoms with E-state index >= 15 is 0 Å². The van der Waals surface area contributed by atoms with Crippen molar-refractivity contribution in [2.75, 3.05) is 23.8 Å². The Labute approximate surface area is 117 Å². The second kappa shape index (κ2) is 7.16. The Kier molecular flexibility index (Phi) is 4.97. The van der Waals surface area contributed by atoms with Crippen molar-refractivity contribution >= 4 is 17.4 Å². The summed E-state index contributed by atoms with van der Waals surface area (Å²) in [5.74, 6) is 0.674. The zero-order valence-electron chi connectivity index (χ0n) is 11.0. The quantitative estimate of drug-likeness (QED) is 0.782. The molecule has 0 radical (unpaired) electrons. The molecule has 0 saturated carbocycles. The molecule has 2 amide bonds. The summed E-state index contributed by atoms with van der Waals surface area (Å²) in [7, 11) is 0. The fraction of sp³-hybridized carbons (Fsp3) is 0.133. The minimum Gasteiger partial charge on any atom is -0.492 e. The highest BCUT2D eigenvalue weighted by molar-refractivity contribution is 5.99. The Morgan fingerprint density at radius 1 is 1.00 bits per heavy atom. The summed E-state index contributed by atoms with van der Waals surface area (Å²) in [5, 5.41) is 5.49. The molecule has 0 saturated heterocycles. The van der Waals surface area contributed by atoms with Gasteiger partial charge in [-0.2, -0.15) is 0 Å². The van der Waals surface area contributed by atoms with Crippen molar-refractivity contribution in [2.45, 2.75) is 0 Å². The lowest BCUT2D eigenvalue weighted by Gasteiger charge is -2.09. The molecule has 5 nitrogen and oxygen atoms in total. The zero-order valence-corrected chi connectivity index (χ0v) is 11.0. The molecule has 4 N–H and O–H groups in total. The van der Waals surface area contributed by atoms with Gasteiger partial charge in [-0.3, -0.25) is 0 Å². The van der Waals surface area contributed by atoms with Gasteiger partial charge < -0.3 is 21.1 Å². The van der Waals surface area contributed by atoms with Crippen LogP contribution in [0.3, 0.4) is 0 Å². The second-order valence-electron chi connectivity index (χ2n) is 4.11. The number of amides is 2. The Morgan fingerprint density at radius 3 is 2.45 bits per heavy atom. The van der Waals surface area contributed by atoms with Crippen LogP contribution in [0.4, 0.5) is 16.2 Å². The van der Waals surface area contributed by atoms with Crippen molar-refractivity contribution < 1.29 is 9.53 Å². The van der Waals surface area contributed by atoms with E-state index < -0.39 is 0 Å². The average molecular weight is 271 g/mol. The lowest BCUT2D eigenvalue weighted by molar-refractivity contribution is 0.262. The highest BCUT2D eigenvalue weighted by Gasteiger charge is 2.03. The van der Waals surface area contributed by atoms with Crippen LogP contribution in [0, 0.1) is 0 Å². The van der Waals surface area contributed by atoms with Crippen molar-refractivity contribution in [3.05, 3.63) is 54.6 Å². The van der Waals surface area contributed by atoms with Gasteiger partial charge in [0, 0.05) is 24.0 Å². The van der Waals surface area contributed by atoms with E-state index in [4.69, 9.17) is 10.5 Å². The van der Waals surface area contributed by atoms with Gasteiger partial charge in [-0.25, -0.2) is 4.79 Å². The Morgan fingerprint density at radius 2 is 1.70 bits per heavy atom. The molecule has 20 heavy (non-hydrogen) atoms. The summed E-state index contributed by atoms with van der Waals surface area (Å²) in [4.78, 5) is 11.8. The molecule has 0 bridgehead atoms. The van der Waals surface area contributed by atoms with Gasteiger partial charge in [0.05, 0.1) is 0 Å². The third-order valence-corrected chi connectivity index (χ3v) is 2.51. The third kappa shape index (κ3) is 4.29. The Balaban J connectivity index is 1.94. The van der Waals surface area contributed by atoms with Crippen LogP contribution in [0.25, 0.3) is 0 Å². The number of urea groups is 1. The second-order valence-corrected chi connectivity index (χ2v) is 4.11. The predicted molar refractivity (Wildman–Crippen MR) is 80.1 cm³/mol. The summed E-state index contributed by atoms with van der Waals surface area (Å²) in [6, 6.07) is 16.1. The first-order chi connectivity index (χ1) is 9.78. The maximum Gasteiger partial charge on any atom is 0.323 e. The highest BCUT2D eigenvalue weighted by atomic mass is 16.5. The molecule has 0 fully saturated rings. The van der Waals surface area contributed by atoms with Gasteiger partial charge >= 0.3 is 6.03 Å². The summed E-state index contributed by atoms with van der Waals surface area (Å²) < 4.78 is 5.40. The lowest BCUT2D eigenvalue weighted by Crippen LogP contribution is -2.19. The van der Waals surface area contributed by atoms with Crippen LogP contribution in [-0.4, -0.2) is 19.2 Å². The van der Waals surface area contributed by atoms with Crippen molar-refractivity contribution in [3.63, 3.8) is 0 Å². The molecule has 2 aromatic carbocycles. The first-order valence-electron chi connectivity index (χ1n) is 6.34. The van der Waals surface area contributed by atoms with Crippen LogP contribution >= 0.6 is 0 Å². The van der Waals surface area contributed by atoms with Gasteiger partial charge in [-0.15, -0.1) is 0 Å². The van der Waals surface area contributed by atoms with Crippen molar-refractivity contribution in [1.29, 1.82) is 0 Å². The Bertz CT molecular complexity index is 558. The first-order valence-corrected chi connectivity index (χ1v) is 6.34. The molecule has 0 aliphatic carbocycles. The topological polar surface area (TPSA) is 76.4 Å². The fourth-order valence-electron chi connectivity index (χ4n) is 1.66. The molecule has 0 unspecified atom stereocenters. The van der Waals surface area contributed by atoms with Crippen molar-refractivity contribution in [1.82, 2.24) is 0 Å². The van der Waals surface area contributed by atoms with E-state index in [2.05, 4.69) is 10.6 Å². The molecule has 2 aromatic rings. The van der Waals surface area contributed by atoms with Crippen molar-refractivity contribution in [2.24, 2.45) is 5.73 Å². The SMILES string of the molecule is NCCOc1cccc(NC(=O)Nc2ccccc2)c1. The van der Waals surface area contributed by atoms with Gasteiger partial charge in [-0.05, 0) is 24.3 Å². The number of nitrogens with one attached hydrogen (secondary N) is 2. The Hall–Kier alpha value is -2.53.